The van der Waals surface area contributed by atoms with Gasteiger partial charge in [-0.25, -0.2) is 34.9 Å². The number of rotatable bonds is 28. The van der Waals surface area contributed by atoms with Gasteiger partial charge < -0.3 is 86.8 Å². The second-order valence-electron chi connectivity index (χ2n) is 25.0. The average Bonchev–Trinajstić information content (AvgIpc) is 1.79. The summed E-state index contributed by atoms with van der Waals surface area (Å²) in [4.78, 5) is 62.0. The number of halogens is 4. The van der Waals surface area contributed by atoms with Crippen molar-refractivity contribution in [3.63, 3.8) is 0 Å². The molecule has 0 aliphatic carbocycles. The average molecular weight is 1770 g/mol. The number of carbonyl (C=O) groups is 2. The van der Waals surface area contributed by atoms with Crippen molar-refractivity contribution in [2.45, 2.75) is 117 Å². The summed E-state index contributed by atoms with van der Waals surface area (Å²) in [6, 6.07) is 36.5. The molecular weight excluding hydrogens is 1650 g/mol. The first-order valence-corrected chi connectivity index (χ1v) is 39.8. The van der Waals surface area contributed by atoms with E-state index in [1.165, 1.54) is 144 Å². The van der Waals surface area contributed by atoms with E-state index in [1.54, 1.807) is 24.5 Å². The predicted molar refractivity (Wildman–Crippen MR) is 444 cm³/mol. The van der Waals surface area contributed by atoms with Crippen molar-refractivity contribution >= 4 is 110 Å². The van der Waals surface area contributed by atoms with Gasteiger partial charge >= 0.3 is 29.6 Å². The van der Waals surface area contributed by atoms with Crippen LogP contribution in [0, 0.1) is 0 Å². The molecule has 10 N–H and O–H groups in total. The van der Waals surface area contributed by atoms with Crippen molar-refractivity contribution in [2.75, 3.05) is 172 Å². The van der Waals surface area contributed by atoms with Crippen molar-refractivity contribution in [2.24, 2.45) is 5.73 Å². The number of alkyl halides is 1. The van der Waals surface area contributed by atoms with Gasteiger partial charge in [0.25, 0.3) is 0 Å². The number of aliphatic hydroxyl groups is 1. The van der Waals surface area contributed by atoms with E-state index in [4.69, 9.17) is 29.8 Å². The van der Waals surface area contributed by atoms with E-state index >= 15 is 0 Å². The summed E-state index contributed by atoms with van der Waals surface area (Å²) in [5.74, 6) is 2.23. The minimum Gasteiger partial charge on any atom is -0.870 e. The number of nitrogens with zero attached hydrogens (tertiary/aromatic N) is 12. The van der Waals surface area contributed by atoms with E-state index in [-0.39, 0.29) is 54.3 Å². The third kappa shape index (κ3) is 47.8. The van der Waals surface area contributed by atoms with Crippen LogP contribution in [0.5, 0.6) is 0 Å². The molecule has 26 nitrogen and oxygen atoms in total. The minimum absolute atomic E-state index is 0. The van der Waals surface area contributed by atoms with Gasteiger partial charge in [-0.2, -0.15) is 0 Å². The first-order chi connectivity index (χ1) is 51.1. The van der Waals surface area contributed by atoms with E-state index in [1.807, 2.05) is 117 Å². The third-order valence-corrected chi connectivity index (χ3v) is 18.3. The Bertz CT molecular complexity index is 3340. The smallest absolute Gasteiger partial charge is 0.870 e. The molecule has 7 aromatic heterocycles. The second-order valence-corrected chi connectivity index (χ2v) is 28.0. The van der Waals surface area contributed by atoms with Gasteiger partial charge in [-0.3, -0.25) is 9.59 Å². The Labute approximate surface area is 697 Å². The Kier molecular flexibility index (Phi) is 56.9. The number of nitrogens with one attached hydrogen (secondary N) is 4. The van der Waals surface area contributed by atoms with Crippen LogP contribution in [-0.2, 0) is 60.3 Å². The molecule has 0 unspecified atom stereocenters. The summed E-state index contributed by atoms with van der Waals surface area (Å²) in [6.07, 6.45) is 16.7. The van der Waals surface area contributed by atoms with Crippen LogP contribution < -0.4 is 62.3 Å². The van der Waals surface area contributed by atoms with E-state index in [2.05, 4.69) is 150 Å². The molecule has 5 saturated heterocycles. The molecule has 7 aromatic rings. The zero-order chi connectivity index (χ0) is 75.3. The molecule has 0 atom stereocenters. The van der Waals surface area contributed by atoms with Gasteiger partial charge in [-0.15, -0.1) is 0 Å². The van der Waals surface area contributed by atoms with E-state index in [0.29, 0.717) is 44.7 Å². The van der Waals surface area contributed by atoms with Crippen LogP contribution in [0.3, 0.4) is 0 Å². The van der Waals surface area contributed by atoms with Crippen molar-refractivity contribution < 1.29 is 68.7 Å². The number of pyridine rings is 7. The topological polar surface area (TPSA) is 328 Å². The molecule has 12 rings (SSSR count). The number of likely N-dealkylation sites (tertiary alicyclic amines) is 5. The summed E-state index contributed by atoms with van der Waals surface area (Å²) < 4.78 is 25.2. The van der Waals surface area contributed by atoms with Crippen LogP contribution in [0.15, 0.2) is 141 Å². The molecule has 0 radical (unpaired) electrons. The van der Waals surface area contributed by atoms with Crippen LogP contribution in [0.4, 0.5) is 34.6 Å². The number of nitrogen functional groups attached to an aromatic ring is 1. The quantitative estimate of drug-likeness (QED) is 0.0104. The van der Waals surface area contributed by atoms with Crippen LogP contribution in [0.2, 0.25) is 0 Å². The van der Waals surface area contributed by atoms with Crippen LogP contribution in [0.25, 0.3) is 0 Å². The van der Waals surface area contributed by atoms with Gasteiger partial charge in [-0.05, 0) is 256 Å². The Hall–Kier alpha value is -5.33. The molecule has 5 aliphatic heterocycles. The van der Waals surface area contributed by atoms with Crippen LogP contribution in [-0.4, -0.2) is 227 Å². The van der Waals surface area contributed by atoms with Crippen molar-refractivity contribution in [3.8, 4) is 0 Å². The fourth-order valence-corrected chi connectivity index (χ4v) is 12.5. The molecule has 0 saturated carbocycles. The molecule has 108 heavy (non-hydrogen) atoms. The summed E-state index contributed by atoms with van der Waals surface area (Å²) in [7, 11) is 3.76. The number of nitrogens with two attached hydrogens (primary N) is 2. The monoisotopic (exact) mass is 1760 g/mol. The van der Waals surface area contributed by atoms with Crippen LogP contribution >= 0.6 is 63.7 Å². The number of primary amides is 1. The summed E-state index contributed by atoms with van der Waals surface area (Å²) >= 11 is 13.2. The zero-order valence-corrected chi connectivity index (χ0v) is 71.6. The van der Waals surface area contributed by atoms with Gasteiger partial charge in [0.2, 0.25) is 11.8 Å². The summed E-state index contributed by atoms with van der Waals surface area (Å²) in [5.41, 5.74) is 16.8. The number of aliphatic hydroxyl groups excluding tert-OH is 1. The number of β-amino-alcohol motifs (C(OH)–C–C–N with tert-alkyl or cyclic N) is 1. The number of aromatic nitrogens is 7. The molecule has 2 amide bonds. The first kappa shape index (κ1) is 98.7. The van der Waals surface area contributed by atoms with Gasteiger partial charge in [0.15, 0.2) is 0 Å². The van der Waals surface area contributed by atoms with Crippen molar-refractivity contribution in [1.82, 2.24) is 59.4 Å². The van der Waals surface area contributed by atoms with E-state index in [9.17, 15) is 9.59 Å². The molecule has 31 heteroatoms. The second kappa shape index (κ2) is 62.2. The number of ether oxygens (including phenoxy) is 4. The number of anilines is 6. The molecule has 0 spiro atoms. The fraction of sp³-hybridized carbons (Fsp3) is 0.519. The van der Waals surface area contributed by atoms with Gasteiger partial charge in [0.05, 0.1) is 87.9 Å². The van der Waals surface area contributed by atoms with E-state index < -0.39 is 0 Å². The molecule has 12 heterocycles. The maximum Gasteiger partial charge on any atom is 1.00 e. The minimum atomic E-state index is -0.333. The van der Waals surface area contributed by atoms with Gasteiger partial charge in [-0.1, -0.05) is 53.7 Å². The number of hydrogen-bond acceptors (Lipinski definition) is 24. The maximum atomic E-state index is 10.9. The Morgan fingerprint density at radius 1 is 0.463 bits per heavy atom. The van der Waals surface area contributed by atoms with E-state index in [0.717, 1.165) is 130 Å². The maximum absolute atomic E-state index is 10.9. The Morgan fingerprint density at radius 2 is 0.806 bits per heavy atom. The number of hydrogen-bond donors (Lipinski definition) is 7. The summed E-state index contributed by atoms with van der Waals surface area (Å²) in [6.45, 7) is 25.4. The normalized spacial score (nSPS) is 14.4. The number of amides is 2. The third-order valence-electron chi connectivity index (χ3n) is 16.4. The molecule has 0 bridgehead atoms. The Balaban J connectivity index is 0.000000434. The standard InChI is InChI=1S/C18H25N5O.C14H21N3O2.C12H17BrN2O.C12H19N3O.C6H5Br2N.C6H7BrN2.C6H13NO.C2H5NO.CH4.Na.H2O/c1-19-15-7-8-20-18(13-15)22-17-6-4-5-16(21-17)14-24-12-11-23-9-2-3-10-23;1-12(18)15-14-6-4-5-13(16-14)11-19-10-9-17-7-2-3-8-17;2*13-12-5-3-4-11(14-12)10-16-9-8-15-6-1-2-7-15;7-4-5-2-1-3-6(8)9-5;1-8-5-2-3-9-6(7)4-5;8-6-5-7-3-1-2-4-7;1-2(3)4;;;/h4-8,13H,2-3,9-12,14H2,1H3,(H2,19,20,21,22);4-6H,2-3,7-11H2,1H3,(H,15,16,18);3-5H,1-2,6-10H2;3-5H,1-2,6-10H2,(H2,13,14);1-3H,4H2;2-4H,1H3,(H,8,9);8H,1-6H2;1H3,(H2,3,4);1H4;;1H2/q;;;;;;;;;+1;/p-1. The van der Waals surface area contributed by atoms with Crippen LogP contribution in [0.1, 0.15) is 114 Å². The molecule has 5 fully saturated rings. The molecule has 5 aliphatic rings. The fourth-order valence-electron chi connectivity index (χ4n) is 11.1. The summed E-state index contributed by atoms with van der Waals surface area (Å²) in [5, 5.41) is 21.3. The van der Waals surface area contributed by atoms with Gasteiger partial charge in [0, 0.05) is 95.8 Å². The molecule has 592 valence electrons. The SMILES string of the molecule is BrCc1cccc(Br)n1.Brc1cccc(COCCN2CCCC2)n1.C.CC(=O)Nc1cccc(COCCN2CCCC2)n1.CC(N)=O.CNc1ccnc(Br)c1.CNc1ccnc(Nc2cccc(COCCN3CCCC3)n2)c1.Nc1cccc(COCCN2CCCC2)n1.OCCN1CCCC1.[Na+].[OH-]. The van der Waals surface area contributed by atoms with Gasteiger partial charge in [0.1, 0.15) is 37.1 Å². The predicted octanol–water partition coefficient (Wildman–Crippen LogP) is 9.91. The zero-order valence-electron chi connectivity index (χ0n) is 63.3. The molecular formula is C77H117Br4N18NaO8. The first-order valence-electron chi connectivity index (χ1n) is 36.3. The Morgan fingerprint density at radius 3 is 1.17 bits per heavy atom. The van der Waals surface area contributed by atoms with Crippen molar-refractivity contribution in [1.29, 1.82) is 0 Å². The molecule has 0 aromatic carbocycles. The number of carbonyl (C=O) groups excluding carboxylic acids is 2. The van der Waals surface area contributed by atoms with Crippen molar-refractivity contribution in [3.05, 3.63) is 170 Å². The largest absolute Gasteiger partial charge is 1.00 e.